The minimum absolute atomic E-state index is 0.00319. The van der Waals surface area contributed by atoms with E-state index in [1.807, 2.05) is 11.8 Å². The van der Waals surface area contributed by atoms with E-state index < -0.39 is 0 Å². The van der Waals surface area contributed by atoms with Crippen LogP contribution in [0.5, 0.6) is 0 Å². The van der Waals surface area contributed by atoms with Gasteiger partial charge in [0.1, 0.15) is 12.2 Å². The van der Waals surface area contributed by atoms with E-state index in [1.165, 1.54) is 0 Å². The smallest absolute Gasteiger partial charge is 0.224 e. The van der Waals surface area contributed by atoms with Gasteiger partial charge in [-0.05, 0) is 18.5 Å². The van der Waals surface area contributed by atoms with Crippen LogP contribution in [0, 0.1) is 6.92 Å². The molecule has 0 saturated carbocycles. The highest BCUT2D eigenvalue weighted by molar-refractivity contribution is 6.28. The van der Waals surface area contributed by atoms with E-state index in [2.05, 4.69) is 9.97 Å². The molecule has 1 saturated heterocycles. The van der Waals surface area contributed by atoms with Gasteiger partial charge in [-0.25, -0.2) is 4.98 Å². The second-order valence-corrected chi connectivity index (χ2v) is 4.61. The SMILES string of the molecule is COC1CN(c2nc(Cl)nc(C)c2N)CC1OC. The summed E-state index contributed by atoms with van der Waals surface area (Å²) in [7, 11) is 3.34. The highest BCUT2D eigenvalue weighted by Crippen LogP contribution is 2.29. The van der Waals surface area contributed by atoms with Crippen LogP contribution in [0.4, 0.5) is 11.5 Å². The van der Waals surface area contributed by atoms with E-state index in [0.717, 1.165) is 0 Å². The van der Waals surface area contributed by atoms with E-state index in [4.69, 9.17) is 26.8 Å². The molecule has 7 heteroatoms. The predicted octanol–water partition coefficient (Wildman–Crippen LogP) is 0.871. The number of hydrogen-bond acceptors (Lipinski definition) is 6. The molecule has 1 aliphatic heterocycles. The molecule has 2 rings (SSSR count). The molecule has 6 nitrogen and oxygen atoms in total. The van der Waals surface area contributed by atoms with Crippen LogP contribution in [-0.2, 0) is 9.47 Å². The number of nitrogens with two attached hydrogens (primary N) is 1. The van der Waals surface area contributed by atoms with Gasteiger partial charge in [-0.1, -0.05) is 0 Å². The summed E-state index contributed by atoms with van der Waals surface area (Å²) in [5, 5.41) is 0.200. The molecule has 1 fully saturated rings. The quantitative estimate of drug-likeness (QED) is 0.823. The fraction of sp³-hybridized carbons (Fsp3) is 0.636. The largest absolute Gasteiger partial charge is 0.394 e. The van der Waals surface area contributed by atoms with Crippen LogP contribution in [0.3, 0.4) is 0 Å². The Bertz CT molecular complexity index is 431. The molecule has 0 aromatic carbocycles. The summed E-state index contributed by atoms with van der Waals surface area (Å²) in [4.78, 5) is 10.2. The van der Waals surface area contributed by atoms with Crippen LogP contribution in [0.25, 0.3) is 0 Å². The first-order valence-corrected chi connectivity index (χ1v) is 6.04. The third-order valence-electron chi connectivity index (χ3n) is 3.21. The lowest BCUT2D eigenvalue weighted by Crippen LogP contribution is -2.27. The summed E-state index contributed by atoms with van der Waals surface area (Å²) in [6, 6.07) is 0. The summed E-state index contributed by atoms with van der Waals surface area (Å²) in [5.74, 6) is 0.647. The maximum absolute atomic E-state index is 6.00. The second kappa shape index (κ2) is 5.26. The predicted molar refractivity (Wildman–Crippen MR) is 70.0 cm³/mol. The molecule has 18 heavy (non-hydrogen) atoms. The molecular formula is C11H17ClN4O2. The fourth-order valence-corrected chi connectivity index (χ4v) is 2.35. The maximum atomic E-state index is 6.00. The molecule has 100 valence electrons. The third-order valence-corrected chi connectivity index (χ3v) is 3.38. The topological polar surface area (TPSA) is 73.5 Å². The van der Waals surface area contributed by atoms with Crippen molar-refractivity contribution in [1.82, 2.24) is 9.97 Å². The Labute approximate surface area is 111 Å². The molecule has 1 aromatic rings. The van der Waals surface area contributed by atoms with E-state index in [0.29, 0.717) is 30.3 Å². The fourth-order valence-electron chi connectivity index (χ4n) is 2.14. The Morgan fingerprint density at radius 1 is 1.22 bits per heavy atom. The van der Waals surface area contributed by atoms with Gasteiger partial charge in [0.25, 0.3) is 0 Å². The monoisotopic (exact) mass is 272 g/mol. The first-order valence-electron chi connectivity index (χ1n) is 5.67. The number of methoxy groups -OCH3 is 2. The Kier molecular flexibility index (Phi) is 3.89. The van der Waals surface area contributed by atoms with Crippen LogP contribution in [0.2, 0.25) is 5.28 Å². The molecule has 2 atom stereocenters. The van der Waals surface area contributed by atoms with Crippen molar-refractivity contribution >= 4 is 23.1 Å². The summed E-state index contributed by atoms with van der Waals surface area (Å²) >= 11 is 5.87. The van der Waals surface area contributed by atoms with Crippen molar-refractivity contribution in [3.05, 3.63) is 11.0 Å². The standard InChI is InChI=1S/C11H17ClN4O2/c1-6-9(13)10(15-11(12)14-6)16-4-7(17-2)8(5-16)18-3/h7-8H,4-5,13H2,1-3H3. The number of ether oxygens (including phenoxy) is 2. The Balaban J connectivity index is 2.28. The van der Waals surface area contributed by atoms with Crippen molar-refractivity contribution in [1.29, 1.82) is 0 Å². The second-order valence-electron chi connectivity index (χ2n) is 4.27. The van der Waals surface area contributed by atoms with Crippen LogP contribution < -0.4 is 10.6 Å². The van der Waals surface area contributed by atoms with Crippen LogP contribution >= 0.6 is 11.6 Å². The molecule has 0 aliphatic carbocycles. The van der Waals surface area contributed by atoms with E-state index in [1.54, 1.807) is 14.2 Å². The first-order chi connectivity index (χ1) is 8.56. The van der Waals surface area contributed by atoms with Gasteiger partial charge < -0.3 is 20.1 Å². The molecule has 2 N–H and O–H groups in total. The van der Waals surface area contributed by atoms with Gasteiger partial charge in [0.05, 0.1) is 11.4 Å². The van der Waals surface area contributed by atoms with Crippen molar-refractivity contribution in [2.75, 3.05) is 37.9 Å². The lowest BCUT2D eigenvalue weighted by molar-refractivity contribution is -0.00461. The summed E-state index contributed by atoms with van der Waals surface area (Å²) in [6.07, 6.45) is 0.00638. The Morgan fingerprint density at radius 2 is 1.78 bits per heavy atom. The lowest BCUT2D eigenvalue weighted by Gasteiger charge is -2.19. The molecule has 1 aliphatic rings. The molecular weight excluding hydrogens is 256 g/mol. The van der Waals surface area contributed by atoms with Crippen LogP contribution in [-0.4, -0.2) is 49.5 Å². The van der Waals surface area contributed by atoms with Crippen molar-refractivity contribution in [2.45, 2.75) is 19.1 Å². The summed E-state index contributed by atoms with van der Waals surface area (Å²) < 4.78 is 10.8. The van der Waals surface area contributed by atoms with Gasteiger partial charge in [-0.15, -0.1) is 0 Å². The number of aryl methyl sites for hydroxylation is 1. The molecule has 0 bridgehead atoms. The van der Waals surface area contributed by atoms with E-state index in [-0.39, 0.29) is 17.5 Å². The maximum Gasteiger partial charge on any atom is 0.224 e. The number of aromatic nitrogens is 2. The third kappa shape index (κ3) is 2.36. The minimum atomic E-state index is 0.00319. The molecule has 0 amide bonds. The number of anilines is 2. The Morgan fingerprint density at radius 3 is 2.28 bits per heavy atom. The van der Waals surface area contributed by atoms with Crippen LogP contribution in [0.15, 0.2) is 0 Å². The number of nitrogen functional groups attached to an aromatic ring is 1. The Hall–Kier alpha value is -1.11. The highest BCUT2D eigenvalue weighted by atomic mass is 35.5. The summed E-state index contributed by atoms with van der Waals surface area (Å²) in [6.45, 7) is 3.15. The van der Waals surface area contributed by atoms with Crippen LogP contribution in [0.1, 0.15) is 5.69 Å². The molecule has 2 unspecified atom stereocenters. The summed E-state index contributed by atoms with van der Waals surface area (Å²) in [5.41, 5.74) is 7.23. The van der Waals surface area contributed by atoms with Gasteiger partial charge in [0, 0.05) is 27.3 Å². The number of rotatable bonds is 3. The average molecular weight is 273 g/mol. The van der Waals surface area contributed by atoms with Crippen molar-refractivity contribution < 1.29 is 9.47 Å². The molecule has 1 aromatic heterocycles. The molecule has 2 heterocycles. The molecule has 0 radical (unpaired) electrons. The van der Waals surface area contributed by atoms with Gasteiger partial charge >= 0.3 is 0 Å². The zero-order chi connectivity index (χ0) is 13.3. The average Bonchev–Trinajstić information content (AvgIpc) is 2.76. The van der Waals surface area contributed by atoms with Gasteiger partial charge in [-0.3, -0.25) is 0 Å². The van der Waals surface area contributed by atoms with Crippen molar-refractivity contribution in [3.8, 4) is 0 Å². The minimum Gasteiger partial charge on any atom is -0.394 e. The number of hydrogen-bond donors (Lipinski definition) is 1. The van der Waals surface area contributed by atoms with E-state index >= 15 is 0 Å². The van der Waals surface area contributed by atoms with Gasteiger partial charge in [0.15, 0.2) is 5.82 Å². The zero-order valence-electron chi connectivity index (χ0n) is 10.7. The highest BCUT2D eigenvalue weighted by Gasteiger charge is 2.34. The zero-order valence-corrected chi connectivity index (χ0v) is 11.4. The lowest BCUT2D eigenvalue weighted by atomic mass is 10.3. The van der Waals surface area contributed by atoms with Gasteiger partial charge in [-0.2, -0.15) is 4.98 Å². The molecule has 0 spiro atoms. The first kappa shape index (κ1) is 13.3. The van der Waals surface area contributed by atoms with Gasteiger partial charge in [0.2, 0.25) is 5.28 Å². The van der Waals surface area contributed by atoms with Crippen molar-refractivity contribution in [3.63, 3.8) is 0 Å². The number of halogens is 1. The normalized spacial score (nSPS) is 23.7. The van der Waals surface area contributed by atoms with Crippen molar-refractivity contribution in [2.24, 2.45) is 0 Å². The number of nitrogens with zero attached hydrogens (tertiary/aromatic N) is 3. The van der Waals surface area contributed by atoms with E-state index in [9.17, 15) is 0 Å².